The van der Waals surface area contributed by atoms with Crippen LogP contribution in [0.5, 0.6) is 0 Å². The van der Waals surface area contributed by atoms with Crippen LogP contribution in [-0.4, -0.2) is 47.9 Å². The molecule has 1 atom stereocenters. The summed E-state index contributed by atoms with van der Waals surface area (Å²) in [5, 5.41) is 13.7. The van der Waals surface area contributed by atoms with Gasteiger partial charge < -0.3 is 15.4 Å². The van der Waals surface area contributed by atoms with Gasteiger partial charge in [0.2, 0.25) is 5.91 Å². The van der Waals surface area contributed by atoms with Gasteiger partial charge in [-0.05, 0) is 37.6 Å². The van der Waals surface area contributed by atoms with E-state index in [0.717, 1.165) is 4.90 Å². The number of rotatable bonds is 7. The lowest BCUT2D eigenvalue weighted by Gasteiger charge is -2.15. The molecule has 0 unspecified atom stereocenters. The molecule has 0 bridgehead atoms. The Bertz CT molecular complexity index is 737. The molecule has 1 aliphatic rings. The van der Waals surface area contributed by atoms with Crippen LogP contribution >= 0.6 is 0 Å². The number of carbonyl (C=O) groups excluding carboxylic acids is 4. The van der Waals surface area contributed by atoms with Gasteiger partial charge in [-0.3, -0.25) is 19.3 Å². The van der Waals surface area contributed by atoms with Crippen molar-refractivity contribution in [1.82, 2.24) is 10.2 Å². The summed E-state index contributed by atoms with van der Waals surface area (Å²) in [6.45, 7) is 1.52. The normalized spacial score (nSPS) is 14.4. The number of imide groups is 1. The summed E-state index contributed by atoms with van der Waals surface area (Å²) in [6, 6.07) is 7.76. The van der Waals surface area contributed by atoms with Crippen LogP contribution in [-0.2, 0) is 19.1 Å². The van der Waals surface area contributed by atoms with Crippen molar-refractivity contribution in [2.75, 3.05) is 18.4 Å². The summed E-state index contributed by atoms with van der Waals surface area (Å²) in [7, 11) is 0. The Kier molecular flexibility index (Phi) is 6.27. The van der Waals surface area contributed by atoms with Crippen LogP contribution in [0.15, 0.2) is 24.3 Å². The number of nitriles is 1. The van der Waals surface area contributed by atoms with Gasteiger partial charge in [-0.2, -0.15) is 5.26 Å². The molecule has 1 fully saturated rings. The number of nitrogens with zero attached hydrogens (tertiary/aromatic N) is 2. The number of amides is 4. The van der Waals surface area contributed by atoms with Crippen molar-refractivity contribution in [1.29, 1.82) is 5.26 Å². The highest BCUT2D eigenvalue weighted by Gasteiger charge is 2.28. The second kappa shape index (κ2) is 8.62. The number of nitrogens with one attached hydrogen (secondary N) is 2. The Labute approximate surface area is 149 Å². The van der Waals surface area contributed by atoms with E-state index in [4.69, 9.17) is 10.00 Å². The predicted molar refractivity (Wildman–Crippen MR) is 89.7 cm³/mol. The molecule has 0 aromatic heterocycles. The SMILES string of the molecule is C[C@@H](OC(=O)CCCN1C(=O)CNC1=O)C(=O)Nc1ccc(C#N)cc1. The van der Waals surface area contributed by atoms with Crippen molar-refractivity contribution in [2.24, 2.45) is 0 Å². The van der Waals surface area contributed by atoms with E-state index < -0.39 is 24.0 Å². The van der Waals surface area contributed by atoms with Crippen LogP contribution in [0, 0.1) is 11.3 Å². The molecule has 1 aromatic carbocycles. The van der Waals surface area contributed by atoms with E-state index >= 15 is 0 Å². The minimum Gasteiger partial charge on any atom is -0.453 e. The first-order valence-corrected chi connectivity index (χ1v) is 7.99. The fourth-order valence-corrected chi connectivity index (χ4v) is 2.24. The summed E-state index contributed by atoms with van der Waals surface area (Å²) in [5.41, 5.74) is 0.947. The molecular weight excluding hydrogens is 340 g/mol. The molecule has 0 radical (unpaired) electrons. The first kappa shape index (κ1) is 18.9. The van der Waals surface area contributed by atoms with Crippen LogP contribution in [0.4, 0.5) is 10.5 Å². The second-order valence-corrected chi connectivity index (χ2v) is 5.62. The average molecular weight is 358 g/mol. The Hall–Kier alpha value is -3.41. The van der Waals surface area contributed by atoms with E-state index in [0.29, 0.717) is 11.3 Å². The maximum atomic E-state index is 12.0. The van der Waals surface area contributed by atoms with Crippen molar-refractivity contribution in [3.63, 3.8) is 0 Å². The summed E-state index contributed by atoms with van der Waals surface area (Å²) in [5.74, 6) is -1.43. The highest BCUT2D eigenvalue weighted by atomic mass is 16.5. The molecule has 9 heteroatoms. The molecule has 1 heterocycles. The molecule has 0 spiro atoms. The van der Waals surface area contributed by atoms with Crippen LogP contribution in [0.2, 0.25) is 0 Å². The molecule has 1 aliphatic heterocycles. The zero-order valence-corrected chi connectivity index (χ0v) is 14.2. The van der Waals surface area contributed by atoms with Crippen molar-refractivity contribution < 1.29 is 23.9 Å². The predicted octanol–water partition coefficient (Wildman–Crippen LogP) is 0.760. The zero-order valence-electron chi connectivity index (χ0n) is 14.2. The van der Waals surface area contributed by atoms with Crippen molar-refractivity contribution in [3.8, 4) is 6.07 Å². The Morgan fingerprint density at radius 3 is 2.62 bits per heavy atom. The molecule has 1 aromatic rings. The van der Waals surface area contributed by atoms with E-state index in [1.54, 1.807) is 24.3 Å². The van der Waals surface area contributed by atoms with Crippen LogP contribution in [0.3, 0.4) is 0 Å². The number of hydrogen-bond acceptors (Lipinski definition) is 6. The van der Waals surface area contributed by atoms with E-state index in [2.05, 4.69) is 10.6 Å². The minimum atomic E-state index is -1.00. The second-order valence-electron chi connectivity index (χ2n) is 5.62. The van der Waals surface area contributed by atoms with Crippen molar-refractivity contribution in [2.45, 2.75) is 25.9 Å². The largest absolute Gasteiger partial charge is 0.453 e. The third kappa shape index (κ3) is 5.04. The molecule has 26 heavy (non-hydrogen) atoms. The van der Waals surface area contributed by atoms with Crippen molar-refractivity contribution >= 4 is 29.5 Å². The Morgan fingerprint density at radius 2 is 2.04 bits per heavy atom. The van der Waals surface area contributed by atoms with Crippen molar-refractivity contribution in [3.05, 3.63) is 29.8 Å². The maximum Gasteiger partial charge on any atom is 0.324 e. The summed E-state index contributed by atoms with van der Waals surface area (Å²) < 4.78 is 5.04. The van der Waals surface area contributed by atoms with Crippen LogP contribution in [0.25, 0.3) is 0 Å². The molecule has 9 nitrogen and oxygen atoms in total. The van der Waals surface area contributed by atoms with Gasteiger partial charge in [-0.15, -0.1) is 0 Å². The summed E-state index contributed by atoms with van der Waals surface area (Å²) in [6.07, 6.45) is -0.775. The number of hydrogen-bond donors (Lipinski definition) is 2. The number of urea groups is 1. The number of carbonyl (C=O) groups is 4. The molecule has 0 saturated carbocycles. The van der Waals surface area contributed by atoms with Gasteiger partial charge in [-0.1, -0.05) is 0 Å². The number of ether oxygens (including phenoxy) is 1. The van der Waals surface area contributed by atoms with Gasteiger partial charge in [0, 0.05) is 18.7 Å². The molecule has 0 aliphatic carbocycles. The molecule has 2 rings (SSSR count). The topological polar surface area (TPSA) is 129 Å². The average Bonchev–Trinajstić information content (AvgIpc) is 2.94. The van der Waals surface area contributed by atoms with Gasteiger partial charge in [-0.25, -0.2) is 4.79 Å². The van der Waals surface area contributed by atoms with Crippen LogP contribution in [0.1, 0.15) is 25.3 Å². The highest BCUT2D eigenvalue weighted by molar-refractivity contribution is 6.02. The monoisotopic (exact) mass is 358 g/mol. The minimum absolute atomic E-state index is 0.0223. The van der Waals surface area contributed by atoms with Crippen LogP contribution < -0.4 is 10.6 Å². The van der Waals surface area contributed by atoms with E-state index in [1.807, 2.05) is 6.07 Å². The van der Waals surface area contributed by atoms with E-state index in [9.17, 15) is 19.2 Å². The summed E-state index contributed by atoms with van der Waals surface area (Å²) >= 11 is 0. The number of benzene rings is 1. The molecule has 1 saturated heterocycles. The fourth-order valence-electron chi connectivity index (χ4n) is 2.24. The number of anilines is 1. The Morgan fingerprint density at radius 1 is 1.35 bits per heavy atom. The van der Waals surface area contributed by atoms with Gasteiger partial charge in [0.05, 0.1) is 18.2 Å². The molecule has 136 valence electrons. The fraction of sp³-hybridized carbons (Fsp3) is 0.353. The smallest absolute Gasteiger partial charge is 0.324 e. The number of esters is 1. The lowest BCUT2D eigenvalue weighted by Crippen LogP contribution is -2.33. The lowest BCUT2D eigenvalue weighted by atomic mass is 10.2. The zero-order chi connectivity index (χ0) is 19.1. The first-order valence-electron chi connectivity index (χ1n) is 7.99. The van der Waals surface area contributed by atoms with E-state index in [-0.39, 0.29) is 31.8 Å². The quantitative estimate of drug-likeness (QED) is 0.547. The first-order chi connectivity index (χ1) is 12.4. The third-order valence-electron chi connectivity index (χ3n) is 3.66. The maximum absolute atomic E-state index is 12.0. The third-order valence-corrected chi connectivity index (χ3v) is 3.66. The van der Waals surface area contributed by atoms with Gasteiger partial charge >= 0.3 is 12.0 Å². The van der Waals surface area contributed by atoms with E-state index in [1.165, 1.54) is 6.92 Å². The molecular formula is C17H18N4O5. The molecule has 4 amide bonds. The standard InChI is InChI=1S/C17H18N4O5/c1-11(16(24)20-13-6-4-12(9-18)5-7-13)26-15(23)3-2-8-21-14(22)10-19-17(21)25/h4-7,11H,2-3,8,10H2,1H3,(H,19,25)(H,20,24)/t11-/m1/s1. The highest BCUT2D eigenvalue weighted by Crippen LogP contribution is 2.10. The Balaban J connectivity index is 1.73. The lowest BCUT2D eigenvalue weighted by molar-refractivity contribution is -0.153. The van der Waals surface area contributed by atoms with Gasteiger partial charge in [0.1, 0.15) is 0 Å². The van der Waals surface area contributed by atoms with Gasteiger partial charge in [0.15, 0.2) is 6.10 Å². The molecule has 2 N–H and O–H groups in total. The summed E-state index contributed by atoms with van der Waals surface area (Å²) in [4.78, 5) is 47.6. The van der Waals surface area contributed by atoms with Gasteiger partial charge in [0.25, 0.3) is 5.91 Å².